The Morgan fingerprint density at radius 2 is 2.16 bits per heavy atom. The average Bonchev–Trinajstić information content (AvgIpc) is 2.37. The molecule has 5 heteroatoms. The molecule has 19 heavy (non-hydrogen) atoms. The van der Waals surface area contributed by atoms with Crippen molar-refractivity contribution in [1.82, 2.24) is 0 Å². The van der Waals surface area contributed by atoms with Crippen LogP contribution in [0.1, 0.15) is 18.9 Å². The van der Waals surface area contributed by atoms with E-state index in [1.165, 1.54) is 18.2 Å². The van der Waals surface area contributed by atoms with E-state index in [0.717, 1.165) is 0 Å². The van der Waals surface area contributed by atoms with Gasteiger partial charge in [0.1, 0.15) is 11.4 Å². The van der Waals surface area contributed by atoms with E-state index in [0.29, 0.717) is 23.1 Å². The Kier molecular flexibility index (Phi) is 3.94. The van der Waals surface area contributed by atoms with E-state index in [9.17, 15) is 14.0 Å². The third-order valence-corrected chi connectivity index (χ3v) is 2.67. The van der Waals surface area contributed by atoms with Crippen LogP contribution in [0.15, 0.2) is 33.5 Å². The molecule has 2 aromatic rings. The summed E-state index contributed by atoms with van der Waals surface area (Å²) in [6.45, 7) is 2.02. The van der Waals surface area contributed by atoms with Crippen molar-refractivity contribution in [3.8, 4) is 0 Å². The maximum atomic E-state index is 13.1. The van der Waals surface area contributed by atoms with Crippen LogP contribution in [0.25, 0.3) is 11.0 Å². The van der Waals surface area contributed by atoms with Crippen LogP contribution >= 0.6 is 0 Å². The Morgan fingerprint density at radius 1 is 1.37 bits per heavy atom. The molecule has 1 heterocycles. The van der Waals surface area contributed by atoms with E-state index in [1.807, 2.05) is 0 Å². The summed E-state index contributed by atoms with van der Waals surface area (Å²) in [7, 11) is 0. The van der Waals surface area contributed by atoms with Crippen LogP contribution in [0.2, 0.25) is 0 Å². The SMILES string of the molecule is CCOC(=O)CCc1cc2cc(F)ccc2oc1=O. The van der Waals surface area contributed by atoms with Gasteiger partial charge in [-0.25, -0.2) is 9.18 Å². The van der Waals surface area contributed by atoms with Crippen molar-refractivity contribution < 1.29 is 18.3 Å². The van der Waals surface area contributed by atoms with Gasteiger partial charge in [0.05, 0.1) is 6.61 Å². The van der Waals surface area contributed by atoms with Crippen molar-refractivity contribution in [2.45, 2.75) is 19.8 Å². The van der Waals surface area contributed by atoms with E-state index in [1.54, 1.807) is 13.0 Å². The van der Waals surface area contributed by atoms with Crippen LogP contribution in [-0.4, -0.2) is 12.6 Å². The zero-order valence-electron chi connectivity index (χ0n) is 10.4. The lowest BCUT2D eigenvalue weighted by Crippen LogP contribution is -2.11. The number of carbonyl (C=O) groups excluding carboxylic acids is 1. The van der Waals surface area contributed by atoms with Gasteiger partial charge in [-0.3, -0.25) is 4.79 Å². The second kappa shape index (κ2) is 5.65. The summed E-state index contributed by atoms with van der Waals surface area (Å²) in [6.07, 6.45) is 0.313. The molecule has 0 saturated heterocycles. The molecule has 0 spiro atoms. The zero-order valence-corrected chi connectivity index (χ0v) is 10.4. The number of hydrogen-bond acceptors (Lipinski definition) is 4. The van der Waals surface area contributed by atoms with Crippen molar-refractivity contribution >= 4 is 16.9 Å². The van der Waals surface area contributed by atoms with Gasteiger partial charge in [-0.15, -0.1) is 0 Å². The number of benzene rings is 1. The molecule has 1 aromatic heterocycles. The highest BCUT2D eigenvalue weighted by molar-refractivity contribution is 5.77. The number of rotatable bonds is 4. The molecular formula is C14H13FO4. The summed E-state index contributed by atoms with van der Waals surface area (Å²) in [5.74, 6) is -0.779. The summed E-state index contributed by atoms with van der Waals surface area (Å²) in [6, 6.07) is 5.46. The van der Waals surface area contributed by atoms with Gasteiger partial charge in [-0.2, -0.15) is 0 Å². The summed E-state index contributed by atoms with van der Waals surface area (Å²) < 4.78 is 22.9. The molecule has 0 aliphatic carbocycles. The maximum absolute atomic E-state index is 13.1. The minimum absolute atomic E-state index is 0.0966. The van der Waals surface area contributed by atoms with Gasteiger partial charge in [0.2, 0.25) is 0 Å². The Hall–Kier alpha value is -2.17. The molecular weight excluding hydrogens is 251 g/mol. The zero-order chi connectivity index (χ0) is 13.8. The number of ether oxygens (including phenoxy) is 1. The van der Waals surface area contributed by atoms with Crippen LogP contribution in [-0.2, 0) is 16.0 Å². The molecule has 0 aliphatic rings. The lowest BCUT2D eigenvalue weighted by atomic mass is 10.1. The highest BCUT2D eigenvalue weighted by Gasteiger charge is 2.09. The fraction of sp³-hybridized carbons (Fsp3) is 0.286. The fourth-order valence-corrected chi connectivity index (χ4v) is 1.78. The molecule has 0 bridgehead atoms. The number of carbonyl (C=O) groups is 1. The molecule has 0 aliphatic heterocycles. The normalized spacial score (nSPS) is 10.6. The van der Waals surface area contributed by atoms with Gasteiger partial charge in [0.25, 0.3) is 0 Å². The topological polar surface area (TPSA) is 56.5 Å². The Morgan fingerprint density at radius 3 is 2.89 bits per heavy atom. The number of esters is 1. The highest BCUT2D eigenvalue weighted by Crippen LogP contribution is 2.15. The second-order valence-electron chi connectivity index (χ2n) is 4.05. The minimum atomic E-state index is -0.511. The van der Waals surface area contributed by atoms with Gasteiger partial charge in [-0.05, 0) is 37.6 Å². The van der Waals surface area contributed by atoms with Gasteiger partial charge < -0.3 is 9.15 Å². The predicted molar refractivity (Wildman–Crippen MR) is 67.4 cm³/mol. The molecule has 0 N–H and O–H groups in total. The Balaban J connectivity index is 2.25. The first-order chi connectivity index (χ1) is 9.10. The molecule has 0 unspecified atom stereocenters. The molecule has 0 atom stereocenters. The standard InChI is InChI=1S/C14H13FO4/c1-2-18-13(16)6-3-9-7-10-8-11(15)4-5-12(10)19-14(9)17/h4-5,7-8H,2-3,6H2,1H3. The van der Waals surface area contributed by atoms with Crippen LogP contribution in [0.3, 0.4) is 0 Å². The first-order valence-electron chi connectivity index (χ1n) is 5.98. The van der Waals surface area contributed by atoms with E-state index in [2.05, 4.69) is 0 Å². The summed E-state index contributed by atoms with van der Waals surface area (Å²) in [5.41, 5.74) is 0.154. The van der Waals surface area contributed by atoms with Gasteiger partial charge in [-0.1, -0.05) is 0 Å². The molecule has 100 valence electrons. The maximum Gasteiger partial charge on any atom is 0.339 e. The highest BCUT2D eigenvalue weighted by atomic mass is 19.1. The molecule has 0 radical (unpaired) electrons. The van der Waals surface area contributed by atoms with E-state index in [4.69, 9.17) is 9.15 Å². The molecule has 2 rings (SSSR count). The summed E-state index contributed by atoms with van der Waals surface area (Å²) >= 11 is 0. The van der Waals surface area contributed by atoms with E-state index >= 15 is 0 Å². The van der Waals surface area contributed by atoms with Crippen molar-refractivity contribution in [1.29, 1.82) is 0 Å². The minimum Gasteiger partial charge on any atom is -0.466 e. The lowest BCUT2D eigenvalue weighted by Gasteiger charge is -2.03. The molecule has 0 saturated carbocycles. The van der Waals surface area contributed by atoms with Crippen molar-refractivity contribution in [2.24, 2.45) is 0 Å². The van der Waals surface area contributed by atoms with Crippen molar-refractivity contribution in [3.05, 3.63) is 46.1 Å². The number of fused-ring (bicyclic) bond motifs is 1. The van der Waals surface area contributed by atoms with Gasteiger partial charge in [0, 0.05) is 17.4 Å². The average molecular weight is 264 g/mol. The molecule has 4 nitrogen and oxygen atoms in total. The first-order valence-corrected chi connectivity index (χ1v) is 5.98. The molecule has 0 amide bonds. The van der Waals surface area contributed by atoms with Crippen LogP contribution in [0.4, 0.5) is 4.39 Å². The number of halogens is 1. The third-order valence-electron chi connectivity index (χ3n) is 2.67. The quantitative estimate of drug-likeness (QED) is 0.628. The van der Waals surface area contributed by atoms with Crippen molar-refractivity contribution in [3.63, 3.8) is 0 Å². The van der Waals surface area contributed by atoms with E-state index in [-0.39, 0.29) is 18.8 Å². The summed E-state index contributed by atoms with van der Waals surface area (Å²) in [5, 5.41) is 0.499. The number of aryl methyl sites for hydroxylation is 1. The monoisotopic (exact) mass is 264 g/mol. The van der Waals surface area contributed by atoms with Crippen molar-refractivity contribution in [2.75, 3.05) is 6.61 Å². The molecule has 0 fully saturated rings. The van der Waals surface area contributed by atoms with Crippen LogP contribution in [0.5, 0.6) is 0 Å². The lowest BCUT2D eigenvalue weighted by molar-refractivity contribution is -0.143. The smallest absolute Gasteiger partial charge is 0.339 e. The first kappa shape index (κ1) is 13.3. The largest absolute Gasteiger partial charge is 0.466 e. The Labute approximate surface area is 108 Å². The van der Waals surface area contributed by atoms with Crippen LogP contribution in [0, 0.1) is 5.82 Å². The van der Waals surface area contributed by atoms with Crippen LogP contribution < -0.4 is 5.63 Å². The molecule has 1 aromatic carbocycles. The predicted octanol–water partition coefficient (Wildman–Crippen LogP) is 2.43. The number of hydrogen-bond donors (Lipinski definition) is 0. The third kappa shape index (κ3) is 3.19. The fourth-order valence-electron chi connectivity index (χ4n) is 1.78. The van der Waals surface area contributed by atoms with Gasteiger partial charge in [0.15, 0.2) is 0 Å². The van der Waals surface area contributed by atoms with Gasteiger partial charge >= 0.3 is 11.6 Å². The van der Waals surface area contributed by atoms with E-state index < -0.39 is 11.4 Å². The Bertz CT molecular complexity index is 660. The second-order valence-corrected chi connectivity index (χ2v) is 4.05. The summed E-state index contributed by atoms with van der Waals surface area (Å²) in [4.78, 5) is 22.9.